The van der Waals surface area contributed by atoms with E-state index >= 15 is 0 Å². The van der Waals surface area contributed by atoms with Crippen molar-refractivity contribution in [2.24, 2.45) is 0 Å². The molecule has 0 fully saturated rings. The first kappa shape index (κ1) is 32.3. The maximum absolute atomic E-state index is 2.41. The fraction of sp³-hybridized carbons (Fsp3) is 0.234. The maximum atomic E-state index is 2.41. The van der Waals surface area contributed by atoms with Gasteiger partial charge in [0, 0.05) is 5.41 Å². The Morgan fingerprint density at radius 1 is 0.426 bits per heavy atom. The second-order valence-corrected chi connectivity index (χ2v) is 14.5. The van der Waals surface area contributed by atoms with Crippen molar-refractivity contribution in [2.75, 3.05) is 0 Å². The highest BCUT2D eigenvalue weighted by Crippen LogP contribution is 2.56. The SMILES string of the molecule is CC(C)(C)c1ccc2c(c1)C(C)(C)c1ccccc1-2.CCC.c1ccc(C2(c3ccccc3)c3ccccc3-c3ccccc32)cc1. The van der Waals surface area contributed by atoms with Crippen LogP contribution in [0.15, 0.2) is 152 Å². The molecule has 0 saturated carbocycles. The molecule has 6 aromatic rings. The van der Waals surface area contributed by atoms with E-state index in [0.717, 1.165) is 0 Å². The normalized spacial score (nSPS) is 14.3. The Morgan fingerprint density at radius 2 is 0.787 bits per heavy atom. The lowest BCUT2D eigenvalue weighted by Gasteiger charge is -2.33. The molecule has 2 aliphatic carbocycles. The zero-order valence-electron chi connectivity index (χ0n) is 29.1. The highest BCUT2D eigenvalue weighted by Gasteiger charge is 2.45. The standard InChI is InChI=1S/C25H18.C19H22.C3H8/c1-3-11-19(12-4-1)25(20-13-5-2-6-14-20)23-17-9-7-15-21(23)22-16-8-10-18-24(22)25;1-18(2,3)13-10-11-15-14-8-6-7-9-16(14)19(4,5)17(15)12-13;1-3-2/h1-18H;6-12H,1-5H3;3H2,1-2H3. The summed E-state index contributed by atoms with van der Waals surface area (Å²) in [7, 11) is 0. The summed E-state index contributed by atoms with van der Waals surface area (Å²) >= 11 is 0. The molecule has 0 spiro atoms. The van der Waals surface area contributed by atoms with Crippen LogP contribution in [0.4, 0.5) is 0 Å². The van der Waals surface area contributed by atoms with Crippen LogP contribution in [0.2, 0.25) is 0 Å². The Balaban J connectivity index is 0.000000157. The van der Waals surface area contributed by atoms with Crippen LogP contribution in [0.1, 0.15) is 93.8 Å². The quantitative estimate of drug-likeness (QED) is 0.182. The molecule has 8 rings (SSSR count). The van der Waals surface area contributed by atoms with Crippen LogP contribution in [0.3, 0.4) is 0 Å². The molecule has 0 heteroatoms. The number of benzene rings is 6. The Labute approximate surface area is 283 Å². The Bertz CT molecular complexity index is 1880. The monoisotopic (exact) mass is 612 g/mol. The molecule has 6 aromatic carbocycles. The van der Waals surface area contributed by atoms with Crippen molar-refractivity contribution in [3.05, 3.63) is 191 Å². The van der Waals surface area contributed by atoms with Crippen molar-refractivity contribution in [3.63, 3.8) is 0 Å². The second-order valence-electron chi connectivity index (χ2n) is 14.5. The molecule has 0 amide bonds. The van der Waals surface area contributed by atoms with E-state index in [0.29, 0.717) is 0 Å². The van der Waals surface area contributed by atoms with Crippen LogP contribution in [-0.2, 0) is 16.2 Å². The van der Waals surface area contributed by atoms with Crippen molar-refractivity contribution in [2.45, 2.75) is 71.1 Å². The molecular formula is C47H48. The van der Waals surface area contributed by atoms with E-state index in [9.17, 15) is 0 Å². The summed E-state index contributed by atoms with van der Waals surface area (Å²) in [6, 6.07) is 55.3. The van der Waals surface area contributed by atoms with Crippen molar-refractivity contribution < 1.29 is 0 Å². The van der Waals surface area contributed by atoms with E-state index in [1.54, 1.807) is 0 Å². The molecule has 2 aliphatic rings. The summed E-state index contributed by atoms with van der Waals surface area (Å²) in [6.45, 7) is 15.8. The molecule has 0 aromatic heterocycles. The van der Waals surface area contributed by atoms with Crippen molar-refractivity contribution >= 4 is 0 Å². The lowest BCUT2D eigenvalue weighted by molar-refractivity contribution is 0.584. The van der Waals surface area contributed by atoms with E-state index in [1.807, 2.05) is 0 Å². The van der Waals surface area contributed by atoms with Crippen LogP contribution in [0, 0.1) is 0 Å². The fourth-order valence-corrected chi connectivity index (χ4v) is 7.57. The summed E-state index contributed by atoms with van der Waals surface area (Å²) in [5.74, 6) is 0. The van der Waals surface area contributed by atoms with Gasteiger partial charge in [-0.2, -0.15) is 0 Å². The van der Waals surface area contributed by atoms with Gasteiger partial charge in [-0.3, -0.25) is 0 Å². The molecule has 0 bridgehead atoms. The lowest BCUT2D eigenvalue weighted by Crippen LogP contribution is -2.28. The van der Waals surface area contributed by atoms with E-state index in [4.69, 9.17) is 0 Å². The van der Waals surface area contributed by atoms with E-state index in [-0.39, 0.29) is 16.2 Å². The van der Waals surface area contributed by atoms with E-state index in [1.165, 1.54) is 67.6 Å². The Morgan fingerprint density at radius 3 is 1.23 bits per heavy atom. The largest absolute Gasteiger partial charge is 0.0713 e. The molecule has 0 N–H and O–H groups in total. The first-order valence-electron chi connectivity index (χ1n) is 17.2. The Kier molecular flexibility index (Phi) is 8.82. The van der Waals surface area contributed by atoms with Gasteiger partial charge in [-0.05, 0) is 66.6 Å². The smallest absolute Gasteiger partial charge is 0.0656 e. The van der Waals surface area contributed by atoms with Gasteiger partial charge in [-0.15, -0.1) is 0 Å². The summed E-state index contributed by atoms with van der Waals surface area (Å²) in [5.41, 5.74) is 15.3. The van der Waals surface area contributed by atoms with Gasteiger partial charge in [0.25, 0.3) is 0 Å². The molecule has 0 nitrogen and oxygen atoms in total. The van der Waals surface area contributed by atoms with Gasteiger partial charge in [0.2, 0.25) is 0 Å². The highest BCUT2D eigenvalue weighted by atomic mass is 14.5. The molecule has 47 heavy (non-hydrogen) atoms. The predicted octanol–water partition coefficient (Wildman–Crippen LogP) is 12.8. The molecular weight excluding hydrogens is 565 g/mol. The van der Waals surface area contributed by atoms with Crippen molar-refractivity contribution in [1.82, 2.24) is 0 Å². The van der Waals surface area contributed by atoms with Gasteiger partial charge in [0.1, 0.15) is 0 Å². The number of hydrogen-bond acceptors (Lipinski definition) is 0. The molecule has 0 unspecified atom stereocenters. The second kappa shape index (κ2) is 12.8. The van der Waals surface area contributed by atoms with Gasteiger partial charge in [0.05, 0.1) is 5.41 Å². The fourth-order valence-electron chi connectivity index (χ4n) is 7.57. The predicted molar refractivity (Wildman–Crippen MR) is 202 cm³/mol. The number of rotatable bonds is 2. The minimum absolute atomic E-state index is 0.118. The molecule has 0 aliphatic heterocycles. The average molecular weight is 613 g/mol. The van der Waals surface area contributed by atoms with Crippen molar-refractivity contribution in [1.29, 1.82) is 0 Å². The average Bonchev–Trinajstić information content (AvgIpc) is 3.52. The molecule has 236 valence electrons. The van der Waals surface area contributed by atoms with Gasteiger partial charge >= 0.3 is 0 Å². The summed E-state index contributed by atoms with van der Waals surface area (Å²) in [5, 5.41) is 0. The van der Waals surface area contributed by atoms with E-state index < -0.39 is 0 Å². The first-order valence-corrected chi connectivity index (χ1v) is 17.2. The number of hydrogen-bond donors (Lipinski definition) is 0. The summed E-state index contributed by atoms with van der Waals surface area (Å²) in [4.78, 5) is 0. The van der Waals surface area contributed by atoms with Crippen LogP contribution in [-0.4, -0.2) is 0 Å². The van der Waals surface area contributed by atoms with Gasteiger partial charge < -0.3 is 0 Å². The third-order valence-corrected chi connectivity index (χ3v) is 9.82. The first-order chi connectivity index (χ1) is 22.7. The lowest BCUT2D eigenvalue weighted by atomic mass is 9.68. The zero-order chi connectivity index (χ0) is 33.2. The van der Waals surface area contributed by atoms with Gasteiger partial charge in [-0.25, -0.2) is 0 Å². The molecule has 0 radical (unpaired) electrons. The molecule has 0 heterocycles. The van der Waals surface area contributed by atoms with Gasteiger partial charge in [-0.1, -0.05) is 207 Å². The third kappa shape index (κ3) is 5.55. The minimum Gasteiger partial charge on any atom is -0.0656 e. The van der Waals surface area contributed by atoms with Crippen LogP contribution < -0.4 is 0 Å². The van der Waals surface area contributed by atoms with Crippen LogP contribution in [0.5, 0.6) is 0 Å². The highest BCUT2D eigenvalue weighted by molar-refractivity contribution is 5.86. The van der Waals surface area contributed by atoms with E-state index in [2.05, 4.69) is 200 Å². The maximum Gasteiger partial charge on any atom is 0.0713 e. The summed E-state index contributed by atoms with van der Waals surface area (Å²) in [6.07, 6.45) is 1.25. The molecule has 0 atom stereocenters. The van der Waals surface area contributed by atoms with Crippen LogP contribution in [0.25, 0.3) is 22.3 Å². The van der Waals surface area contributed by atoms with Gasteiger partial charge in [0.15, 0.2) is 0 Å². The zero-order valence-corrected chi connectivity index (χ0v) is 29.1. The topological polar surface area (TPSA) is 0 Å². The molecule has 0 saturated heterocycles. The number of fused-ring (bicyclic) bond motifs is 6. The third-order valence-electron chi connectivity index (χ3n) is 9.82. The summed E-state index contributed by atoms with van der Waals surface area (Å²) < 4.78 is 0. The minimum atomic E-state index is -0.254. The van der Waals surface area contributed by atoms with Crippen molar-refractivity contribution in [3.8, 4) is 22.3 Å². The Hall–Kier alpha value is -4.68. The van der Waals surface area contributed by atoms with Crippen LogP contribution >= 0.6 is 0 Å².